The van der Waals surface area contributed by atoms with Crippen molar-refractivity contribution < 1.29 is 13.2 Å². The van der Waals surface area contributed by atoms with Gasteiger partial charge in [0, 0.05) is 18.1 Å². The Balaban J connectivity index is 1.79. The standard InChI is InChI=1S/C18H16Cl4N2O3S/c19-12-6-7-13(20)16(9-12)28(26,27)24-8-2-3-11(10-24)18(25)23-15-5-1-4-14(21)17(15)22/h1,4-7,9,11H,2-3,8,10H2,(H,23,25)/t11-/m0/s1. The van der Waals surface area contributed by atoms with Crippen LogP contribution in [0.2, 0.25) is 20.1 Å². The zero-order chi connectivity index (χ0) is 20.5. The molecule has 1 saturated heterocycles. The Kier molecular flexibility index (Phi) is 6.80. The van der Waals surface area contributed by atoms with Crippen molar-refractivity contribution in [2.24, 2.45) is 5.92 Å². The van der Waals surface area contributed by atoms with Crippen molar-refractivity contribution in [2.75, 3.05) is 18.4 Å². The second-order valence-corrected chi connectivity index (χ2v) is 9.90. The van der Waals surface area contributed by atoms with Crippen LogP contribution in [-0.2, 0) is 14.8 Å². The van der Waals surface area contributed by atoms with Gasteiger partial charge in [-0.05, 0) is 43.2 Å². The number of benzene rings is 2. The Morgan fingerprint density at radius 1 is 1.07 bits per heavy atom. The van der Waals surface area contributed by atoms with Gasteiger partial charge in [-0.1, -0.05) is 52.5 Å². The summed E-state index contributed by atoms with van der Waals surface area (Å²) < 4.78 is 27.3. The number of hydrogen-bond donors (Lipinski definition) is 1. The van der Waals surface area contributed by atoms with Gasteiger partial charge in [0.1, 0.15) is 4.90 Å². The van der Waals surface area contributed by atoms with Crippen molar-refractivity contribution in [3.05, 3.63) is 56.5 Å². The van der Waals surface area contributed by atoms with Gasteiger partial charge in [-0.25, -0.2) is 8.42 Å². The van der Waals surface area contributed by atoms with Gasteiger partial charge < -0.3 is 5.32 Å². The van der Waals surface area contributed by atoms with E-state index in [4.69, 9.17) is 46.4 Å². The molecule has 0 aliphatic carbocycles. The molecular weight excluding hydrogens is 466 g/mol. The lowest BCUT2D eigenvalue weighted by molar-refractivity contribution is -0.120. The minimum absolute atomic E-state index is 0.0369. The molecule has 0 saturated carbocycles. The van der Waals surface area contributed by atoms with Crippen molar-refractivity contribution in [3.8, 4) is 0 Å². The molecule has 150 valence electrons. The molecule has 0 bridgehead atoms. The number of carbonyl (C=O) groups excluding carboxylic acids is 1. The lowest BCUT2D eigenvalue weighted by atomic mass is 9.99. The van der Waals surface area contributed by atoms with Gasteiger partial charge in [-0.15, -0.1) is 0 Å². The fraction of sp³-hybridized carbons (Fsp3) is 0.278. The summed E-state index contributed by atoms with van der Waals surface area (Å²) in [7, 11) is -3.88. The molecule has 1 atom stereocenters. The third-order valence-electron chi connectivity index (χ3n) is 4.48. The smallest absolute Gasteiger partial charge is 0.244 e. The maximum absolute atomic E-state index is 13.0. The largest absolute Gasteiger partial charge is 0.324 e. The quantitative estimate of drug-likeness (QED) is 0.640. The molecule has 1 heterocycles. The van der Waals surface area contributed by atoms with E-state index >= 15 is 0 Å². The molecule has 1 aliphatic rings. The fourth-order valence-corrected chi connectivity index (χ4v) is 5.63. The number of anilines is 1. The Bertz CT molecular complexity index is 1010. The van der Waals surface area contributed by atoms with E-state index in [9.17, 15) is 13.2 Å². The van der Waals surface area contributed by atoms with Crippen LogP contribution in [0.5, 0.6) is 0 Å². The molecule has 28 heavy (non-hydrogen) atoms. The van der Waals surface area contributed by atoms with Crippen LogP contribution in [0.4, 0.5) is 5.69 Å². The zero-order valence-electron chi connectivity index (χ0n) is 14.5. The number of piperidine rings is 1. The Labute approximate surface area is 183 Å². The molecule has 1 fully saturated rings. The number of nitrogens with zero attached hydrogens (tertiary/aromatic N) is 1. The first-order valence-electron chi connectivity index (χ1n) is 8.40. The molecule has 1 N–H and O–H groups in total. The summed E-state index contributed by atoms with van der Waals surface area (Å²) in [4.78, 5) is 12.6. The molecule has 10 heteroatoms. The van der Waals surface area contributed by atoms with Crippen LogP contribution >= 0.6 is 46.4 Å². The molecule has 0 unspecified atom stereocenters. The van der Waals surface area contributed by atoms with Crippen molar-refractivity contribution in [2.45, 2.75) is 17.7 Å². The van der Waals surface area contributed by atoms with Gasteiger partial charge in [0.2, 0.25) is 15.9 Å². The summed E-state index contributed by atoms with van der Waals surface area (Å²) in [6, 6.07) is 9.19. The summed E-state index contributed by atoms with van der Waals surface area (Å²) in [5.74, 6) is -0.849. The number of sulfonamides is 1. The predicted octanol–water partition coefficient (Wildman–Crippen LogP) is 5.34. The number of rotatable bonds is 4. The van der Waals surface area contributed by atoms with E-state index in [-0.39, 0.29) is 32.4 Å². The molecule has 2 aromatic carbocycles. The number of halogens is 4. The van der Waals surface area contributed by atoms with Crippen LogP contribution in [0.15, 0.2) is 41.3 Å². The highest BCUT2D eigenvalue weighted by atomic mass is 35.5. The van der Waals surface area contributed by atoms with Crippen LogP contribution < -0.4 is 5.32 Å². The third kappa shape index (κ3) is 4.58. The Morgan fingerprint density at radius 2 is 1.82 bits per heavy atom. The summed E-state index contributed by atoms with van der Waals surface area (Å²) in [6.45, 7) is 0.335. The normalized spacial score (nSPS) is 18.1. The highest BCUT2D eigenvalue weighted by molar-refractivity contribution is 7.89. The molecule has 1 amide bonds. The van der Waals surface area contributed by atoms with Gasteiger partial charge in [0.25, 0.3) is 0 Å². The summed E-state index contributed by atoms with van der Waals surface area (Å²) in [5.41, 5.74) is 0.386. The van der Waals surface area contributed by atoms with E-state index in [0.717, 1.165) is 0 Å². The van der Waals surface area contributed by atoms with E-state index in [1.807, 2.05) is 0 Å². The number of hydrogen-bond acceptors (Lipinski definition) is 3. The maximum Gasteiger partial charge on any atom is 0.244 e. The van der Waals surface area contributed by atoms with Gasteiger partial charge in [0.15, 0.2) is 0 Å². The maximum atomic E-state index is 13.0. The minimum atomic E-state index is -3.88. The molecule has 3 rings (SSSR count). The van der Waals surface area contributed by atoms with E-state index in [2.05, 4.69) is 5.32 Å². The van der Waals surface area contributed by atoms with E-state index in [1.54, 1.807) is 18.2 Å². The van der Waals surface area contributed by atoms with Gasteiger partial charge in [-0.2, -0.15) is 4.31 Å². The lowest BCUT2D eigenvalue weighted by Gasteiger charge is -2.31. The summed E-state index contributed by atoms with van der Waals surface area (Å²) in [6.07, 6.45) is 1.10. The summed E-state index contributed by atoms with van der Waals surface area (Å²) >= 11 is 24.1. The first kappa shape index (κ1) is 21.7. The first-order valence-corrected chi connectivity index (χ1v) is 11.4. The predicted molar refractivity (Wildman–Crippen MR) is 113 cm³/mol. The number of amides is 1. The minimum Gasteiger partial charge on any atom is -0.324 e. The fourth-order valence-electron chi connectivity index (χ4n) is 3.02. The second-order valence-electron chi connectivity index (χ2n) is 6.37. The Hall–Kier alpha value is -1.02. The molecule has 0 spiro atoms. The second kappa shape index (κ2) is 8.78. The van der Waals surface area contributed by atoms with Crippen LogP contribution in [0.3, 0.4) is 0 Å². The van der Waals surface area contributed by atoms with E-state index in [0.29, 0.717) is 30.1 Å². The van der Waals surface area contributed by atoms with Crippen LogP contribution in [0, 0.1) is 5.92 Å². The van der Waals surface area contributed by atoms with Crippen LogP contribution in [0.25, 0.3) is 0 Å². The highest BCUT2D eigenvalue weighted by Crippen LogP contribution is 2.32. The average molecular weight is 482 g/mol. The van der Waals surface area contributed by atoms with Crippen molar-refractivity contribution in [1.82, 2.24) is 4.31 Å². The molecule has 0 aromatic heterocycles. The third-order valence-corrected chi connectivity index (χ3v) is 7.88. The molecule has 5 nitrogen and oxygen atoms in total. The van der Waals surface area contributed by atoms with Gasteiger partial charge in [0.05, 0.1) is 26.7 Å². The monoisotopic (exact) mass is 480 g/mol. The molecule has 2 aromatic rings. The molecule has 1 aliphatic heterocycles. The van der Waals surface area contributed by atoms with Gasteiger partial charge >= 0.3 is 0 Å². The van der Waals surface area contributed by atoms with Crippen molar-refractivity contribution in [3.63, 3.8) is 0 Å². The van der Waals surface area contributed by atoms with Gasteiger partial charge in [-0.3, -0.25) is 4.79 Å². The lowest BCUT2D eigenvalue weighted by Crippen LogP contribution is -2.43. The van der Waals surface area contributed by atoms with Crippen LogP contribution in [-0.4, -0.2) is 31.7 Å². The number of nitrogens with one attached hydrogen (secondary N) is 1. The average Bonchev–Trinajstić information content (AvgIpc) is 2.67. The molecule has 0 radical (unpaired) electrons. The summed E-state index contributed by atoms with van der Waals surface area (Å²) in [5, 5.41) is 3.64. The van der Waals surface area contributed by atoms with Crippen molar-refractivity contribution in [1.29, 1.82) is 0 Å². The number of carbonyl (C=O) groups is 1. The SMILES string of the molecule is O=C(Nc1cccc(Cl)c1Cl)[C@H]1CCCN(S(=O)(=O)c2cc(Cl)ccc2Cl)C1. The zero-order valence-corrected chi connectivity index (χ0v) is 18.3. The van der Waals surface area contributed by atoms with Crippen molar-refractivity contribution >= 4 is 68.0 Å². The topological polar surface area (TPSA) is 66.5 Å². The van der Waals surface area contributed by atoms with E-state index in [1.165, 1.54) is 22.5 Å². The molecular formula is C18H16Cl4N2O3S. The van der Waals surface area contributed by atoms with Crippen LogP contribution in [0.1, 0.15) is 12.8 Å². The van der Waals surface area contributed by atoms with E-state index < -0.39 is 15.9 Å². The Morgan fingerprint density at radius 3 is 2.57 bits per heavy atom. The first-order chi connectivity index (χ1) is 13.2. The highest BCUT2D eigenvalue weighted by Gasteiger charge is 2.34.